The molecular formula is C15H12SSe. The zero-order valence-corrected chi connectivity index (χ0v) is 12.0. The first-order chi connectivity index (χ1) is 8.31. The van der Waals surface area contributed by atoms with Crippen LogP contribution in [0.5, 0.6) is 0 Å². The number of hydrogen-bond acceptors (Lipinski definition) is 1. The molecule has 0 aliphatic rings. The second-order valence-electron chi connectivity index (χ2n) is 4.02. The Hall–Kier alpha value is -1.08. The summed E-state index contributed by atoms with van der Waals surface area (Å²) in [6.07, 6.45) is 0. The maximum absolute atomic E-state index is 2.33. The second-order valence-corrected chi connectivity index (χ2v) is 8.03. The molecule has 0 aliphatic carbocycles. The Morgan fingerprint density at radius 2 is 1.71 bits per heavy atom. The van der Waals surface area contributed by atoms with E-state index in [-0.39, 0.29) is 0 Å². The summed E-state index contributed by atoms with van der Waals surface area (Å²) in [6.45, 7) is 2.14. The van der Waals surface area contributed by atoms with Gasteiger partial charge in [0.15, 0.2) is 0 Å². The van der Waals surface area contributed by atoms with Gasteiger partial charge in [0.05, 0.1) is 0 Å². The first-order valence-electron chi connectivity index (χ1n) is 5.54. The van der Waals surface area contributed by atoms with Crippen molar-refractivity contribution in [2.45, 2.75) is 6.92 Å². The fraction of sp³-hybridized carbons (Fsp3) is 0.0667. The van der Waals surface area contributed by atoms with Crippen LogP contribution in [0.3, 0.4) is 0 Å². The van der Waals surface area contributed by atoms with Crippen molar-refractivity contribution in [3.63, 3.8) is 0 Å². The van der Waals surface area contributed by atoms with Gasteiger partial charge in [0, 0.05) is 0 Å². The molecule has 0 saturated heterocycles. The van der Waals surface area contributed by atoms with Gasteiger partial charge < -0.3 is 0 Å². The number of benzene rings is 2. The van der Waals surface area contributed by atoms with E-state index in [0.717, 1.165) is 0 Å². The molecule has 0 bridgehead atoms. The van der Waals surface area contributed by atoms with Crippen LogP contribution in [-0.2, 0) is 0 Å². The second kappa shape index (κ2) is 4.66. The Balaban J connectivity index is 1.92. The summed E-state index contributed by atoms with van der Waals surface area (Å²) in [4.78, 5) is 0. The van der Waals surface area contributed by atoms with Gasteiger partial charge in [-0.15, -0.1) is 0 Å². The van der Waals surface area contributed by atoms with Crippen LogP contribution in [0.15, 0.2) is 54.6 Å². The third kappa shape index (κ3) is 2.44. The van der Waals surface area contributed by atoms with E-state index in [1.165, 1.54) is 23.9 Å². The average molecular weight is 303 g/mol. The summed E-state index contributed by atoms with van der Waals surface area (Å²) in [5.74, 6) is 0. The van der Waals surface area contributed by atoms with E-state index in [9.17, 15) is 0 Å². The molecule has 0 saturated carbocycles. The van der Waals surface area contributed by atoms with E-state index in [1.54, 1.807) is 0 Å². The Labute approximate surface area is 111 Å². The van der Waals surface area contributed by atoms with Crippen LogP contribution in [0.4, 0.5) is 0 Å². The van der Waals surface area contributed by atoms with Crippen molar-refractivity contribution >= 4 is 44.6 Å². The molecule has 1 heterocycles. The SMILES string of the molecule is Cc1ccc([Se]c2cc3ccccc3s2)cc1. The van der Waals surface area contributed by atoms with Gasteiger partial charge in [-0.05, 0) is 0 Å². The molecule has 17 heavy (non-hydrogen) atoms. The molecule has 0 aliphatic heterocycles. The zero-order valence-electron chi connectivity index (χ0n) is 9.51. The van der Waals surface area contributed by atoms with E-state index in [2.05, 4.69) is 61.5 Å². The van der Waals surface area contributed by atoms with E-state index < -0.39 is 0 Å². The van der Waals surface area contributed by atoms with Crippen LogP contribution in [0, 0.1) is 6.92 Å². The fourth-order valence-corrected chi connectivity index (χ4v) is 5.34. The van der Waals surface area contributed by atoms with Gasteiger partial charge in [-0.2, -0.15) is 0 Å². The molecular weight excluding hydrogens is 291 g/mol. The van der Waals surface area contributed by atoms with E-state index in [1.807, 2.05) is 11.3 Å². The Kier molecular flexibility index (Phi) is 3.02. The van der Waals surface area contributed by atoms with Crippen LogP contribution >= 0.6 is 11.3 Å². The predicted molar refractivity (Wildman–Crippen MR) is 78.0 cm³/mol. The molecule has 0 amide bonds. The molecule has 1 aromatic heterocycles. The van der Waals surface area contributed by atoms with E-state index in [4.69, 9.17) is 0 Å². The first-order valence-corrected chi connectivity index (χ1v) is 8.07. The van der Waals surface area contributed by atoms with Crippen molar-refractivity contribution < 1.29 is 0 Å². The monoisotopic (exact) mass is 304 g/mol. The third-order valence-electron chi connectivity index (χ3n) is 2.64. The normalized spacial score (nSPS) is 10.9. The first kappa shape index (κ1) is 11.0. The van der Waals surface area contributed by atoms with E-state index >= 15 is 0 Å². The van der Waals surface area contributed by atoms with Crippen LogP contribution < -0.4 is 8.24 Å². The molecule has 0 unspecified atom stereocenters. The van der Waals surface area contributed by atoms with Crippen LogP contribution in [0.1, 0.15) is 5.56 Å². The maximum atomic E-state index is 2.33. The summed E-state index contributed by atoms with van der Waals surface area (Å²) in [5, 5.41) is 1.38. The molecule has 0 atom stereocenters. The van der Waals surface area contributed by atoms with Gasteiger partial charge in [-0.25, -0.2) is 0 Å². The standard InChI is InChI=1S/C15H12SSe/c1-11-6-8-13(9-7-11)17-15-10-12-4-2-3-5-14(12)16-15/h2-10H,1H3. The van der Waals surface area contributed by atoms with Crippen molar-refractivity contribution in [1.29, 1.82) is 0 Å². The minimum absolute atomic E-state index is 0.442. The number of hydrogen-bond donors (Lipinski definition) is 0. The van der Waals surface area contributed by atoms with Crippen molar-refractivity contribution in [3.8, 4) is 0 Å². The minimum atomic E-state index is 0.442. The number of fused-ring (bicyclic) bond motifs is 1. The van der Waals surface area contributed by atoms with Crippen LogP contribution in [0.25, 0.3) is 10.1 Å². The molecule has 0 spiro atoms. The van der Waals surface area contributed by atoms with Gasteiger partial charge in [0.25, 0.3) is 0 Å². The van der Waals surface area contributed by atoms with Gasteiger partial charge in [-0.1, -0.05) is 0 Å². The number of rotatable bonds is 2. The predicted octanol–water partition coefficient (Wildman–Crippen LogP) is 2.86. The fourth-order valence-electron chi connectivity index (χ4n) is 1.73. The molecule has 84 valence electrons. The van der Waals surface area contributed by atoms with E-state index in [0.29, 0.717) is 15.0 Å². The molecule has 2 heteroatoms. The Bertz CT molecular complexity index is 604. The zero-order chi connectivity index (χ0) is 11.7. The summed E-state index contributed by atoms with van der Waals surface area (Å²) in [7, 11) is 0. The molecule has 0 radical (unpaired) electrons. The van der Waals surface area contributed by atoms with Gasteiger partial charge in [0.1, 0.15) is 0 Å². The van der Waals surface area contributed by atoms with Crippen molar-refractivity contribution in [2.24, 2.45) is 0 Å². The molecule has 0 N–H and O–H groups in total. The summed E-state index contributed by atoms with van der Waals surface area (Å²) in [5.41, 5.74) is 1.33. The summed E-state index contributed by atoms with van der Waals surface area (Å²) < 4.78 is 4.36. The van der Waals surface area contributed by atoms with Crippen molar-refractivity contribution in [3.05, 3.63) is 60.2 Å². The number of thiophene rings is 1. The molecule has 2 aromatic carbocycles. The van der Waals surface area contributed by atoms with Gasteiger partial charge in [0.2, 0.25) is 0 Å². The quantitative estimate of drug-likeness (QED) is 0.639. The summed E-state index contributed by atoms with van der Waals surface area (Å²) in [6, 6.07) is 19.8. The third-order valence-corrected chi connectivity index (χ3v) is 6.25. The molecule has 0 nitrogen and oxygen atoms in total. The van der Waals surface area contributed by atoms with Gasteiger partial charge >= 0.3 is 112 Å². The van der Waals surface area contributed by atoms with Gasteiger partial charge in [-0.3, -0.25) is 0 Å². The van der Waals surface area contributed by atoms with Crippen molar-refractivity contribution in [2.75, 3.05) is 0 Å². The summed E-state index contributed by atoms with van der Waals surface area (Å²) >= 11 is 2.37. The Morgan fingerprint density at radius 1 is 0.941 bits per heavy atom. The topological polar surface area (TPSA) is 0 Å². The van der Waals surface area contributed by atoms with Crippen molar-refractivity contribution in [1.82, 2.24) is 0 Å². The molecule has 3 aromatic rings. The Morgan fingerprint density at radius 3 is 2.47 bits per heavy atom. The van der Waals surface area contributed by atoms with Crippen LogP contribution in [0.2, 0.25) is 0 Å². The van der Waals surface area contributed by atoms with Crippen LogP contribution in [-0.4, -0.2) is 15.0 Å². The number of aryl methyl sites for hydroxylation is 1. The average Bonchev–Trinajstić information content (AvgIpc) is 2.74. The molecule has 3 rings (SSSR count). The molecule has 0 fully saturated rings.